The molecular weight excluding hydrogens is 254 g/mol. The summed E-state index contributed by atoms with van der Waals surface area (Å²) >= 11 is 0. The molecule has 1 heterocycles. The van der Waals surface area contributed by atoms with Gasteiger partial charge in [0.1, 0.15) is 11.5 Å². The summed E-state index contributed by atoms with van der Waals surface area (Å²) < 4.78 is 10.8. The second-order valence-corrected chi connectivity index (χ2v) is 4.24. The Morgan fingerprint density at radius 2 is 1.83 bits per heavy atom. The van der Waals surface area contributed by atoms with E-state index in [0.29, 0.717) is 6.54 Å². The summed E-state index contributed by atoms with van der Waals surface area (Å²) in [6.45, 7) is 1.52. The Hall–Kier alpha value is -0.970. The van der Waals surface area contributed by atoms with E-state index in [0.717, 1.165) is 30.0 Å². The summed E-state index contributed by atoms with van der Waals surface area (Å²) in [5, 5.41) is 13.3. The van der Waals surface area contributed by atoms with E-state index in [-0.39, 0.29) is 18.3 Å². The van der Waals surface area contributed by atoms with E-state index < -0.39 is 6.10 Å². The molecule has 5 heteroatoms. The molecule has 0 radical (unpaired) electrons. The van der Waals surface area contributed by atoms with Crippen molar-refractivity contribution in [1.29, 1.82) is 0 Å². The molecule has 0 spiro atoms. The van der Waals surface area contributed by atoms with Gasteiger partial charge < -0.3 is 19.9 Å². The highest BCUT2D eigenvalue weighted by molar-refractivity contribution is 5.85. The smallest absolute Gasteiger partial charge is 0.126 e. The highest BCUT2D eigenvalue weighted by atomic mass is 35.5. The molecule has 1 aliphatic rings. The molecule has 0 saturated carbocycles. The molecule has 1 aliphatic heterocycles. The summed E-state index contributed by atoms with van der Waals surface area (Å²) in [5.74, 6) is 1.65. The van der Waals surface area contributed by atoms with E-state index in [1.807, 2.05) is 18.2 Å². The van der Waals surface area contributed by atoms with Gasteiger partial charge in [0.2, 0.25) is 0 Å². The van der Waals surface area contributed by atoms with E-state index in [1.165, 1.54) is 0 Å². The first-order valence-electron chi connectivity index (χ1n) is 5.87. The Kier molecular flexibility index (Phi) is 5.72. The number of β-amino-alcohol motifs (C(OH)–C–C–N with tert-alkyl or cyclic N) is 1. The van der Waals surface area contributed by atoms with E-state index in [1.54, 1.807) is 14.2 Å². The Morgan fingerprint density at radius 1 is 1.22 bits per heavy atom. The number of nitrogens with one attached hydrogen (secondary N) is 1. The van der Waals surface area contributed by atoms with E-state index in [2.05, 4.69) is 5.32 Å². The maximum atomic E-state index is 10.1. The van der Waals surface area contributed by atoms with Crippen LogP contribution in [0.4, 0.5) is 0 Å². The molecule has 2 atom stereocenters. The Bertz CT molecular complexity index is 364. The minimum atomic E-state index is -0.394. The number of aliphatic hydroxyl groups excluding tert-OH is 1. The number of hydrogen-bond acceptors (Lipinski definition) is 4. The normalized spacial score (nSPS) is 23.1. The molecule has 1 aromatic rings. The van der Waals surface area contributed by atoms with Crippen LogP contribution in [0.15, 0.2) is 18.2 Å². The van der Waals surface area contributed by atoms with Crippen LogP contribution in [-0.4, -0.2) is 38.5 Å². The summed E-state index contributed by atoms with van der Waals surface area (Å²) in [5.41, 5.74) is 0.978. The van der Waals surface area contributed by atoms with Crippen LogP contribution < -0.4 is 14.8 Å². The quantitative estimate of drug-likeness (QED) is 0.878. The number of rotatable bonds is 3. The van der Waals surface area contributed by atoms with Crippen LogP contribution in [0.25, 0.3) is 0 Å². The predicted molar refractivity (Wildman–Crippen MR) is 73.0 cm³/mol. The molecule has 1 fully saturated rings. The maximum absolute atomic E-state index is 10.1. The lowest BCUT2D eigenvalue weighted by Gasteiger charge is -2.30. The van der Waals surface area contributed by atoms with Crippen LogP contribution in [0.1, 0.15) is 17.9 Å². The summed E-state index contributed by atoms with van der Waals surface area (Å²) in [7, 11) is 3.29. The third kappa shape index (κ3) is 2.88. The fourth-order valence-corrected chi connectivity index (χ4v) is 2.42. The van der Waals surface area contributed by atoms with Crippen LogP contribution in [0.5, 0.6) is 11.5 Å². The molecule has 2 unspecified atom stereocenters. The van der Waals surface area contributed by atoms with Gasteiger partial charge in [0.05, 0.1) is 20.3 Å². The second-order valence-electron chi connectivity index (χ2n) is 4.24. The highest BCUT2D eigenvalue weighted by Gasteiger charge is 2.29. The minimum Gasteiger partial charge on any atom is -0.496 e. The lowest BCUT2D eigenvalue weighted by molar-refractivity contribution is 0.115. The van der Waals surface area contributed by atoms with Crippen molar-refractivity contribution in [2.24, 2.45) is 0 Å². The van der Waals surface area contributed by atoms with Gasteiger partial charge in [-0.1, -0.05) is 6.07 Å². The first-order chi connectivity index (χ1) is 8.27. The SMILES string of the molecule is COc1cccc(OC)c1C1CCNCC1O.Cl. The zero-order chi connectivity index (χ0) is 12.3. The number of hydrogen-bond donors (Lipinski definition) is 2. The van der Waals surface area contributed by atoms with Crippen molar-refractivity contribution < 1.29 is 14.6 Å². The number of methoxy groups -OCH3 is 2. The highest BCUT2D eigenvalue weighted by Crippen LogP contribution is 2.39. The Balaban J connectivity index is 0.00000162. The molecule has 18 heavy (non-hydrogen) atoms. The number of aliphatic hydroxyl groups is 1. The van der Waals surface area contributed by atoms with Gasteiger partial charge in [-0.3, -0.25) is 0 Å². The predicted octanol–water partition coefficient (Wildman–Crippen LogP) is 1.56. The van der Waals surface area contributed by atoms with Crippen LogP contribution in [-0.2, 0) is 0 Å². The zero-order valence-electron chi connectivity index (χ0n) is 10.7. The fourth-order valence-electron chi connectivity index (χ4n) is 2.42. The molecule has 4 nitrogen and oxygen atoms in total. The summed E-state index contributed by atoms with van der Waals surface area (Å²) in [6, 6.07) is 5.72. The van der Waals surface area contributed by atoms with Gasteiger partial charge in [-0.2, -0.15) is 0 Å². The van der Waals surface area contributed by atoms with Crippen molar-refractivity contribution in [3.8, 4) is 11.5 Å². The van der Waals surface area contributed by atoms with Crippen molar-refractivity contribution in [2.45, 2.75) is 18.4 Å². The minimum absolute atomic E-state index is 0. The van der Waals surface area contributed by atoms with Crippen LogP contribution >= 0.6 is 12.4 Å². The van der Waals surface area contributed by atoms with Gasteiger partial charge in [-0.05, 0) is 25.1 Å². The maximum Gasteiger partial charge on any atom is 0.126 e. The van der Waals surface area contributed by atoms with Crippen molar-refractivity contribution >= 4 is 12.4 Å². The summed E-state index contributed by atoms with van der Waals surface area (Å²) in [4.78, 5) is 0. The van der Waals surface area contributed by atoms with Crippen LogP contribution in [0, 0.1) is 0 Å². The zero-order valence-corrected chi connectivity index (χ0v) is 11.5. The fraction of sp³-hybridized carbons (Fsp3) is 0.538. The standard InChI is InChI=1S/C13H19NO3.ClH/c1-16-11-4-3-5-12(17-2)13(11)9-6-7-14-8-10(9)15;/h3-5,9-10,14-15H,6-8H2,1-2H3;1H. The topological polar surface area (TPSA) is 50.7 Å². The average molecular weight is 274 g/mol. The van der Waals surface area contributed by atoms with Gasteiger partial charge >= 0.3 is 0 Å². The number of ether oxygens (including phenoxy) is 2. The van der Waals surface area contributed by atoms with Gasteiger partial charge in [-0.15, -0.1) is 12.4 Å². The first kappa shape index (κ1) is 15.1. The summed E-state index contributed by atoms with van der Waals surface area (Å²) in [6.07, 6.45) is 0.492. The molecule has 1 aromatic carbocycles. The third-order valence-electron chi connectivity index (χ3n) is 3.29. The van der Waals surface area contributed by atoms with Crippen LogP contribution in [0.2, 0.25) is 0 Å². The van der Waals surface area contributed by atoms with E-state index >= 15 is 0 Å². The van der Waals surface area contributed by atoms with Crippen molar-refractivity contribution in [3.05, 3.63) is 23.8 Å². The van der Waals surface area contributed by atoms with Gasteiger partial charge in [-0.25, -0.2) is 0 Å². The average Bonchev–Trinajstić information content (AvgIpc) is 2.38. The second kappa shape index (κ2) is 6.83. The molecule has 0 aliphatic carbocycles. The van der Waals surface area contributed by atoms with Gasteiger partial charge in [0.15, 0.2) is 0 Å². The number of piperidine rings is 1. The van der Waals surface area contributed by atoms with E-state index in [9.17, 15) is 5.11 Å². The lowest BCUT2D eigenvalue weighted by atomic mass is 9.86. The van der Waals surface area contributed by atoms with E-state index in [4.69, 9.17) is 9.47 Å². The number of benzene rings is 1. The van der Waals surface area contributed by atoms with Gasteiger partial charge in [0, 0.05) is 18.0 Å². The van der Waals surface area contributed by atoms with Crippen molar-refractivity contribution in [1.82, 2.24) is 5.32 Å². The lowest BCUT2D eigenvalue weighted by Crippen LogP contribution is -2.39. The molecule has 102 valence electrons. The molecule has 1 saturated heterocycles. The molecular formula is C13H20ClNO3. The largest absolute Gasteiger partial charge is 0.496 e. The molecule has 2 rings (SSSR count). The van der Waals surface area contributed by atoms with Crippen molar-refractivity contribution in [2.75, 3.05) is 27.3 Å². The number of halogens is 1. The Morgan fingerprint density at radius 3 is 2.33 bits per heavy atom. The van der Waals surface area contributed by atoms with Gasteiger partial charge in [0.25, 0.3) is 0 Å². The molecule has 0 bridgehead atoms. The monoisotopic (exact) mass is 273 g/mol. The Labute approximate surface area is 114 Å². The van der Waals surface area contributed by atoms with Crippen LogP contribution in [0.3, 0.4) is 0 Å². The third-order valence-corrected chi connectivity index (χ3v) is 3.29. The van der Waals surface area contributed by atoms with Crippen molar-refractivity contribution in [3.63, 3.8) is 0 Å². The molecule has 0 aromatic heterocycles. The molecule has 0 amide bonds. The first-order valence-corrected chi connectivity index (χ1v) is 5.87. The molecule has 2 N–H and O–H groups in total.